The smallest absolute Gasteiger partial charge is 0.423 e. The summed E-state index contributed by atoms with van der Waals surface area (Å²) in [5.74, 6) is -0.686. The van der Waals surface area contributed by atoms with Gasteiger partial charge in [0, 0.05) is 16.2 Å². The fraction of sp³-hybridized carbons (Fsp3) is 0.143. The maximum Gasteiger partial charge on any atom is 0.490 e. The van der Waals surface area contributed by atoms with Crippen LogP contribution in [0, 0.1) is 6.92 Å². The lowest BCUT2D eigenvalue weighted by Crippen LogP contribution is -2.31. The number of nitrogens with one attached hydrogen (secondary N) is 1. The normalized spacial score (nSPS) is 11.3. The molecule has 24 heavy (non-hydrogen) atoms. The molecule has 1 heterocycles. The second-order valence-electron chi connectivity index (χ2n) is 4.89. The topological polar surface area (TPSA) is 82.5 Å². The Hall–Kier alpha value is -2.10. The molecule has 0 fully saturated rings. The van der Waals surface area contributed by atoms with Crippen LogP contribution in [-0.4, -0.2) is 28.1 Å². The van der Waals surface area contributed by atoms with Crippen LogP contribution in [0.25, 0.3) is 0 Å². The third kappa shape index (κ3) is 4.05. The number of hydrogen-bond acceptors (Lipinski definition) is 4. The molecule has 2 rings (SSSR count). The predicted octanol–water partition coefficient (Wildman–Crippen LogP) is 1.99. The van der Waals surface area contributed by atoms with E-state index in [4.69, 9.17) is 11.6 Å². The van der Waals surface area contributed by atoms with Crippen LogP contribution in [-0.2, 0) is 6.18 Å². The Morgan fingerprint density at radius 2 is 1.92 bits per heavy atom. The van der Waals surface area contributed by atoms with Gasteiger partial charge in [0.15, 0.2) is 0 Å². The summed E-state index contributed by atoms with van der Waals surface area (Å²) in [5.41, 5.74) is -1.03. The molecule has 1 aromatic heterocycles. The summed E-state index contributed by atoms with van der Waals surface area (Å²) in [6, 6.07) is 5.76. The Morgan fingerprint density at radius 3 is 2.46 bits per heavy atom. The van der Waals surface area contributed by atoms with E-state index in [1.807, 2.05) is 0 Å². The highest BCUT2D eigenvalue weighted by atomic mass is 35.5. The molecule has 10 heteroatoms. The highest BCUT2D eigenvalue weighted by Gasteiger charge is 2.33. The van der Waals surface area contributed by atoms with Crippen LogP contribution in [0.3, 0.4) is 0 Å². The summed E-state index contributed by atoms with van der Waals surface area (Å²) >= 11 is 5.78. The Labute approximate surface area is 140 Å². The molecule has 0 saturated heterocycles. The lowest BCUT2D eigenvalue weighted by Gasteiger charge is -2.11. The van der Waals surface area contributed by atoms with Crippen molar-refractivity contribution in [3.8, 4) is 0 Å². The third-order valence-corrected chi connectivity index (χ3v) is 3.50. The van der Waals surface area contributed by atoms with Gasteiger partial charge in [-0.1, -0.05) is 11.6 Å². The number of pyridine rings is 1. The summed E-state index contributed by atoms with van der Waals surface area (Å²) in [6.07, 6.45) is -4.60. The summed E-state index contributed by atoms with van der Waals surface area (Å²) in [4.78, 5) is 15.6. The average Bonchev–Trinajstić information content (AvgIpc) is 2.47. The van der Waals surface area contributed by atoms with Gasteiger partial charge >= 0.3 is 13.3 Å². The van der Waals surface area contributed by atoms with Crippen LogP contribution >= 0.6 is 11.6 Å². The van der Waals surface area contributed by atoms with Crippen molar-refractivity contribution in [1.29, 1.82) is 0 Å². The van der Waals surface area contributed by atoms with E-state index in [2.05, 4.69) is 10.3 Å². The molecule has 0 unspecified atom stereocenters. The molecule has 2 aromatic rings. The zero-order chi connectivity index (χ0) is 18.1. The van der Waals surface area contributed by atoms with Gasteiger partial charge < -0.3 is 15.4 Å². The number of anilines is 1. The maximum atomic E-state index is 12.6. The number of hydrogen-bond donors (Lipinski definition) is 3. The zero-order valence-electron chi connectivity index (χ0n) is 12.2. The quantitative estimate of drug-likeness (QED) is 0.733. The lowest BCUT2D eigenvalue weighted by atomic mass is 9.80. The summed E-state index contributed by atoms with van der Waals surface area (Å²) in [5, 5.41) is 20.9. The van der Waals surface area contributed by atoms with E-state index < -0.39 is 24.9 Å². The van der Waals surface area contributed by atoms with Crippen LogP contribution in [0.2, 0.25) is 5.02 Å². The summed E-state index contributed by atoms with van der Waals surface area (Å²) < 4.78 is 37.7. The van der Waals surface area contributed by atoms with Gasteiger partial charge in [-0.05, 0) is 37.3 Å². The van der Waals surface area contributed by atoms with Gasteiger partial charge in [0.1, 0.15) is 5.69 Å². The fourth-order valence-electron chi connectivity index (χ4n) is 1.98. The first-order valence-corrected chi connectivity index (χ1v) is 6.99. The number of alkyl halides is 3. The molecule has 5 nitrogen and oxygen atoms in total. The fourth-order valence-corrected chi connectivity index (χ4v) is 2.19. The highest BCUT2D eigenvalue weighted by Crippen LogP contribution is 2.28. The zero-order valence-corrected chi connectivity index (χ0v) is 13.0. The van der Waals surface area contributed by atoms with Crippen LogP contribution in [0.15, 0.2) is 30.3 Å². The second kappa shape index (κ2) is 6.80. The maximum absolute atomic E-state index is 12.6. The number of aryl methyl sites for hydroxylation is 1. The largest absolute Gasteiger partial charge is 0.490 e. The van der Waals surface area contributed by atoms with Crippen LogP contribution in [0.5, 0.6) is 0 Å². The van der Waals surface area contributed by atoms with Crippen molar-refractivity contribution in [2.45, 2.75) is 13.1 Å². The first-order valence-electron chi connectivity index (χ1n) is 6.61. The number of benzene rings is 1. The van der Waals surface area contributed by atoms with Crippen molar-refractivity contribution in [3.05, 3.63) is 52.3 Å². The SMILES string of the molecule is Cc1nc(C(F)(F)F)ccc1C(=O)Nc1ccc(Cl)c(B(O)O)c1. The number of carbonyl (C=O) groups excluding carboxylic acids is 1. The number of aromatic nitrogens is 1. The Bertz CT molecular complexity index is 784. The van der Waals surface area contributed by atoms with Gasteiger partial charge in [0.05, 0.1) is 11.3 Å². The highest BCUT2D eigenvalue weighted by molar-refractivity contribution is 6.62. The number of halogens is 4. The van der Waals surface area contributed by atoms with Crippen molar-refractivity contribution in [2.24, 2.45) is 0 Å². The molecule has 0 saturated carbocycles. The van der Waals surface area contributed by atoms with Gasteiger partial charge in [-0.25, -0.2) is 4.98 Å². The molecule has 0 aliphatic heterocycles. The first kappa shape index (κ1) is 18.2. The second-order valence-corrected chi connectivity index (χ2v) is 5.30. The molecule has 1 aromatic carbocycles. The van der Waals surface area contributed by atoms with Crippen molar-refractivity contribution in [1.82, 2.24) is 4.98 Å². The number of nitrogens with zero attached hydrogens (tertiary/aromatic N) is 1. The minimum absolute atomic E-state index is 0.0169. The molecule has 0 atom stereocenters. The van der Waals surface area contributed by atoms with Gasteiger partial charge in [-0.15, -0.1) is 0 Å². The first-order chi connectivity index (χ1) is 11.1. The van der Waals surface area contributed by atoms with E-state index in [9.17, 15) is 28.0 Å². The molecular weight excluding hydrogens is 347 g/mol. The molecule has 126 valence electrons. The molecule has 1 amide bonds. The number of rotatable bonds is 3. The monoisotopic (exact) mass is 358 g/mol. The predicted molar refractivity (Wildman–Crippen MR) is 83.2 cm³/mol. The molecule has 0 bridgehead atoms. The minimum Gasteiger partial charge on any atom is -0.423 e. The Kier molecular flexibility index (Phi) is 5.17. The van der Waals surface area contributed by atoms with E-state index in [1.54, 1.807) is 0 Å². The van der Waals surface area contributed by atoms with E-state index in [-0.39, 0.29) is 27.4 Å². The molecule has 0 aliphatic carbocycles. The van der Waals surface area contributed by atoms with E-state index in [0.717, 1.165) is 6.07 Å². The van der Waals surface area contributed by atoms with E-state index in [1.165, 1.54) is 25.1 Å². The van der Waals surface area contributed by atoms with Crippen LogP contribution in [0.1, 0.15) is 21.7 Å². The van der Waals surface area contributed by atoms with Crippen LogP contribution in [0.4, 0.5) is 18.9 Å². The average molecular weight is 359 g/mol. The molecule has 3 N–H and O–H groups in total. The van der Waals surface area contributed by atoms with Gasteiger partial charge in [-0.2, -0.15) is 13.2 Å². The summed E-state index contributed by atoms with van der Waals surface area (Å²) in [6.45, 7) is 1.29. The van der Waals surface area contributed by atoms with Gasteiger partial charge in [-0.3, -0.25) is 4.79 Å². The molecule has 0 radical (unpaired) electrons. The minimum atomic E-state index is -4.60. The van der Waals surface area contributed by atoms with Gasteiger partial charge in [0.2, 0.25) is 0 Å². The van der Waals surface area contributed by atoms with E-state index >= 15 is 0 Å². The lowest BCUT2D eigenvalue weighted by molar-refractivity contribution is -0.141. The van der Waals surface area contributed by atoms with E-state index in [0.29, 0.717) is 6.07 Å². The molecule has 0 spiro atoms. The number of amides is 1. The molecular formula is C14H11BClF3N2O3. The molecule has 0 aliphatic rings. The number of carbonyl (C=O) groups is 1. The van der Waals surface area contributed by atoms with Gasteiger partial charge in [0.25, 0.3) is 5.91 Å². The van der Waals surface area contributed by atoms with Crippen LogP contribution < -0.4 is 10.8 Å². The Balaban J connectivity index is 2.26. The summed E-state index contributed by atoms with van der Waals surface area (Å²) in [7, 11) is -1.83. The van der Waals surface area contributed by atoms with Crippen molar-refractivity contribution in [3.63, 3.8) is 0 Å². The third-order valence-electron chi connectivity index (χ3n) is 3.15. The van der Waals surface area contributed by atoms with Crippen molar-refractivity contribution < 1.29 is 28.0 Å². The van der Waals surface area contributed by atoms with Crippen molar-refractivity contribution in [2.75, 3.05) is 5.32 Å². The van der Waals surface area contributed by atoms with Crippen molar-refractivity contribution >= 4 is 35.8 Å². The Morgan fingerprint density at radius 1 is 1.25 bits per heavy atom. The standard InChI is InChI=1S/C14H11BClF3N2O3/c1-7-9(3-5-12(20-7)14(17,18)19)13(22)21-8-2-4-11(16)10(6-8)15(23)24/h2-6,23-24H,1H3,(H,21,22).